The van der Waals surface area contributed by atoms with Crippen molar-refractivity contribution in [3.63, 3.8) is 0 Å². The van der Waals surface area contributed by atoms with Gasteiger partial charge in [-0.15, -0.1) is 0 Å². The highest BCUT2D eigenvalue weighted by Crippen LogP contribution is 2.26. The molecule has 100 valence electrons. The Morgan fingerprint density at radius 1 is 1.44 bits per heavy atom. The predicted octanol–water partition coefficient (Wildman–Crippen LogP) is 2.67. The second-order valence-corrected chi connectivity index (χ2v) is 4.96. The monoisotopic (exact) mass is 248 g/mol. The molecule has 0 spiro atoms. The van der Waals surface area contributed by atoms with Gasteiger partial charge in [0.1, 0.15) is 5.75 Å². The number of hydrogen-bond donors (Lipinski definition) is 2. The molecular weight excluding hydrogens is 224 g/mol. The number of anilines is 1. The lowest BCUT2D eigenvalue weighted by atomic mass is 10.1. The zero-order valence-electron chi connectivity index (χ0n) is 11.5. The number of hydrogen-bond acceptors (Lipinski definition) is 3. The molecule has 0 bridgehead atoms. The number of aryl methyl sites for hydroxylation is 1. The molecule has 3 nitrogen and oxygen atoms in total. The van der Waals surface area contributed by atoms with E-state index in [2.05, 4.69) is 35.8 Å². The number of ether oxygens (including phenoxy) is 1. The summed E-state index contributed by atoms with van der Waals surface area (Å²) in [5.41, 5.74) is 2.48. The van der Waals surface area contributed by atoms with Crippen molar-refractivity contribution in [3.05, 3.63) is 23.8 Å². The van der Waals surface area contributed by atoms with Crippen molar-refractivity contribution in [1.29, 1.82) is 0 Å². The predicted molar refractivity (Wildman–Crippen MR) is 76.5 cm³/mol. The molecule has 18 heavy (non-hydrogen) atoms. The molecular formula is C15H24N2O. The maximum atomic E-state index is 5.39. The highest BCUT2D eigenvalue weighted by atomic mass is 16.5. The quantitative estimate of drug-likeness (QED) is 0.812. The minimum Gasteiger partial charge on any atom is -0.495 e. The summed E-state index contributed by atoms with van der Waals surface area (Å²) in [5.74, 6) is 1.77. The topological polar surface area (TPSA) is 33.3 Å². The highest BCUT2D eigenvalue weighted by molar-refractivity contribution is 5.58. The first-order valence-corrected chi connectivity index (χ1v) is 6.95. The van der Waals surface area contributed by atoms with Crippen LogP contribution in [0.25, 0.3) is 0 Å². The molecule has 1 fully saturated rings. The van der Waals surface area contributed by atoms with Crippen LogP contribution in [0, 0.1) is 5.92 Å². The van der Waals surface area contributed by atoms with Gasteiger partial charge in [0.05, 0.1) is 12.8 Å². The molecule has 0 radical (unpaired) electrons. The Morgan fingerprint density at radius 2 is 2.33 bits per heavy atom. The smallest absolute Gasteiger partial charge is 0.141 e. The van der Waals surface area contributed by atoms with Crippen molar-refractivity contribution in [1.82, 2.24) is 5.32 Å². The van der Waals surface area contributed by atoms with Gasteiger partial charge >= 0.3 is 0 Å². The van der Waals surface area contributed by atoms with Crippen molar-refractivity contribution < 1.29 is 4.74 Å². The van der Waals surface area contributed by atoms with Crippen LogP contribution in [-0.4, -0.2) is 26.7 Å². The van der Waals surface area contributed by atoms with E-state index in [9.17, 15) is 0 Å². The highest BCUT2D eigenvalue weighted by Gasteiger charge is 2.13. The van der Waals surface area contributed by atoms with Crippen molar-refractivity contribution in [2.24, 2.45) is 5.92 Å². The molecule has 1 aliphatic heterocycles. The molecule has 1 heterocycles. The molecule has 0 aliphatic carbocycles. The van der Waals surface area contributed by atoms with Crippen LogP contribution in [0.4, 0.5) is 5.69 Å². The molecule has 0 amide bonds. The standard InChI is InChI=1S/C15H24N2O/c1-3-12-4-5-15(18-2)14(10-12)17-9-7-13-6-8-16-11-13/h4-5,10,13,16-17H,3,6-9,11H2,1-2H3. The fourth-order valence-electron chi connectivity index (χ4n) is 2.48. The second-order valence-electron chi connectivity index (χ2n) is 4.96. The van der Waals surface area contributed by atoms with Crippen molar-refractivity contribution in [3.8, 4) is 5.75 Å². The van der Waals surface area contributed by atoms with E-state index in [1.165, 1.54) is 31.5 Å². The van der Waals surface area contributed by atoms with Gasteiger partial charge in [0.2, 0.25) is 0 Å². The number of rotatable bonds is 6. The second kappa shape index (κ2) is 6.64. The van der Waals surface area contributed by atoms with Gasteiger partial charge in [-0.3, -0.25) is 0 Å². The Morgan fingerprint density at radius 3 is 3.00 bits per heavy atom. The molecule has 0 saturated carbocycles. The normalized spacial score (nSPS) is 18.9. The van der Waals surface area contributed by atoms with Crippen molar-refractivity contribution >= 4 is 5.69 Å². The van der Waals surface area contributed by atoms with Gasteiger partial charge in [-0.05, 0) is 56.0 Å². The van der Waals surface area contributed by atoms with Crippen LogP contribution in [0.3, 0.4) is 0 Å². The minimum absolute atomic E-state index is 0.831. The van der Waals surface area contributed by atoms with E-state index in [0.717, 1.165) is 30.3 Å². The lowest BCUT2D eigenvalue weighted by molar-refractivity contribution is 0.416. The Labute approximate surface area is 110 Å². The van der Waals surface area contributed by atoms with E-state index in [-0.39, 0.29) is 0 Å². The zero-order valence-corrected chi connectivity index (χ0v) is 11.5. The molecule has 2 N–H and O–H groups in total. The summed E-state index contributed by atoms with van der Waals surface area (Å²) < 4.78 is 5.39. The van der Waals surface area contributed by atoms with Crippen LogP contribution in [0.15, 0.2) is 18.2 Å². The van der Waals surface area contributed by atoms with Gasteiger partial charge in [-0.2, -0.15) is 0 Å². The molecule has 1 unspecified atom stereocenters. The SMILES string of the molecule is CCc1ccc(OC)c(NCCC2CCNC2)c1. The lowest BCUT2D eigenvalue weighted by Gasteiger charge is -2.14. The molecule has 1 aliphatic rings. The Hall–Kier alpha value is -1.22. The van der Waals surface area contributed by atoms with Crippen LogP contribution in [0.5, 0.6) is 5.75 Å². The van der Waals surface area contributed by atoms with E-state index in [1.807, 2.05) is 0 Å². The van der Waals surface area contributed by atoms with Crippen LogP contribution >= 0.6 is 0 Å². The van der Waals surface area contributed by atoms with Gasteiger partial charge < -0.3 is 15.4 Å². The van der Waals surface area contributed by atoms with E-state index in [4.69, 9.17) is 4.74 Å². The van der Waals surface area contributed by atoms with Crippen LogP contribution in [-0.2, 0) is 6.42 Å². The maximum Gasteiger partial charge on any atom is 0.141 e. The van der Waals surface area contributed by atoms with Gasteiger partial charge in [0, 0.05) is 6.54 Å². The van der Waals surface area contributed by atoms with E-state index < -0.39 is 0 Å². The summed E-state index contributed by atoms with van der Waals surface area (Å²) in [6.45, 7) is 5.55. The fourth-order valence-corrected chi connectivity index (χ4v) is 2.48. The third-order valence-corrected chi connectivity index (χ3v) is 3.70. The molecule has 1 atom stereocenters. The largest absolute Gasteiger partial charge is 0.495 e. The van der Waals surface area contributed by atoms with Gasteiger partial charge in [-0.1, -0.05) is 13.0 Å². The number of nitrogens with one attached hydrogen (secondary N) is 2. The van der Waals surface area contributed by atoms with Crippen LogP contribution < -0.4 is 15.4 Å². The Balaban J connectivity index is 1.89. The van der Waals surface area contributed by atoms with Crippen molar-refractivity contribution in [2.75, 3.05) is 32.1 Å². The first-order valence-electron chi connectivity index (χ1n) is 6.95. The van der Waals surface area contributed by atoms with Crippen LogP contribution in [0.2, 0.25) is 0 Å². The summed E-state index contributed by atoms with van der Waals surface area (Å²) in [6, 6.07) is 6.38. The zero-order chi connectivity index (χ0) is 12.8. The molecule has 2 rings (SSSR count). The minimum atomic E-state index is 0.831. The molecule has 1 aromatic rings. The third-order valence-electron chi connectivity index (χ3n) is 3.70. The van der Waals surface area contributed by atoms with Gasteiger partial charge in [0.15, 0.2) is 0 Å². The first-order chi connectivity index (χ1) is 8.83. The molecule has 1 saturated heterocycles. The summed E-state index contributed by atoms with van der Waals surface area (Å²) in [6.07, 6.45) is 3.60. The molecule has 0 aromatic heterocycles. The summed E-state index contributed by atoms with van der Waals surface area (Å²) in [7, 11) is 1.73. The molecule has 3 heteroatoms. The first kappa shape index (κ1) is 13.2. The number of benzene rings is 1. The number of methoxy groups -OCH3 is 1. The third kappa shape index (κ3) is 3.39. The van der Waals surface area contributed by atoms with E-state index >= 15 is 0 Å². The van der Waals surface area contributed by atoms with Gasteiger partial charge in [0.25, 0.3) is 0 Å². The summed E-state index contributed by atoms with van der Waals surface area (Å²) >= 11 is 0. The van der Waals surface area contributed by atoms with E-state index in [0.29, 0.717) is 0 Å². The van der Waals surface area contributed by atoms with Crippen LogP contribution in [0.1, 0.15) is 25.3 Å². The average Bonchev–Trinajstić information content (AvgIpc) is 2.92. The Bertz CT molecular complexity index is 373. The molecule has 1 aromatic carbocycles. The van der Waals surface area contributed by atoms with Gasteiger partial charge in [-0.25, -0.2) is 0 Å². The summed E-state index contributed by atoms with van der Waals surface area (Å²) in [5, 5.41) is 6.92. The summed E-state index contributed by atoms with van der Waals surface area (Å²) in [4.78, 5) is 0. The Kier molecular flexibility index (Phi) is 4.88. The maximum absolute atomic E-state index is 5.39. The van der Waals surface area contributed by atoms with E-state index in [1.54, 1.807) is 7.11 Å². The van der Waals surface area contributed by atoms with Crippen molar-refractivity contribution in [2.45, 2.75) is 26.2 Å². The average molecular weight is 248 g/mol. The lowest BCUT2D eigenvalue weighted by Crippen LogP contribution is -2.13. The fraction of sp³-hybridized carbons (Fsp3) is 0.600.